The van der Waals surface area contributed by atoms with Gasteiger partial charge in [-0.2, -0.15) is 4.98 Å². The maximum Gasteiger partial charge on any atom is 0.481 e. The van der Waals surface area contributed by atoms with Crippen molar-refractivity contribution in [3.05, 3.63) is 16.7 Å². The molecule has 0 saturated heterocycles. The Morgan fingerprint density at radius 3 is 2.54 bits per heavy atom. The van der Waals surface area contributed by atoms with Gasteiger partial charge in [0.25, 0.3) is 5.56 Å². The summed E-state index contributed by atoms with van der Waals surface area (Å²) in [6, 6.07) is 0. The average molecular weight is 411 g/mol. The summed E-state index contributed by atoms with van der Waals surface area (Å²) in [6.07, 6.45) is 0.898. The number of nitrogen functional groups attached to an aromatic ring is 1. The van der Waals surface area contributed by atoms with E-state index in [1.807, 2.05) is 0 Å². The quantitative estimate of drug-likeness (QED) is 0.421. The lowest BCUT2D eigenvalue weighted by molar-refractivity contribution is 0.136. The molecule has 1 atom stereocenters. The Balaban J connectivity index is 1.98. The molecule has 1 unspecified atom stereocenters. The molecule has 0 spiro atoms. The maximum absolute atomic E-state index is 12.4. The molecule has 0 aliphatic carbocycles. The number of aromatic amines is 1. The fraction of sp³-hybridized carbons (Fsp3) is 0.545. The molecule has 2 heterocycles. The topological polar surface area (TPSA) is 170 Å². The molecule has 0 amide bonds. The fourth-order valence-electron chi connectivity index (χ4n) is 1.88. The summed E-state index contributed by atoms with van der Waals surface area (Å²) in [5, 5.41) is 0. The molecule has 13 nitrogen and oxygen atoms in total. The van der Waals surface area contributed by atoms with E-state index in [1.165, 1.54) is 10.9 Å². The summed E-state index contributed by atoms with van der Waals surface area (Å²) in [6.45, 7) is 0.267. The van der Waals surface area contributed by atoms with E-state index in [0.29, 0.717) is 0 Å². The number of imidazole rings is 1. The van der Waals surface area contributed by atoms with Crippen LogP contribution in [0.2, 0.25) is 0 Å². The average Bonchev–Trinajstić information content (AvgIpc) is 3.02. The lowest BCUT2D eigenvalue weighted by Crippen LogP contribution is -2.13. The van der Waals surface area contributed by atoms with Crippen LogP contribution in [-0.2, 0) is 38.3 Å². The molecule has 0 bridgehead atoms. The summed E-state index contributed by atoms with van der Waals surface area (Å²) >= 11 is 0. The number of ether oxygens (including phenoxy) is 1. The Morgan fingerprint density at radius 2 is 1.92 bits per heavy atom. The van der Waals surface area contributed by atoms with Crippen LogP contribution in [0.15, 0.2) is 11.1 Å². The van der Waals surface area contributed by atoms with E-state index < -0.39 is 27.3 Å². The Labute approximate surface area is 147 Å². The molecule has 26 heavy (non-hydrogen) atoms. The van der Waals surface area contributed by atoms with Gasteiger partial charge in [0.1, 0.15) is 6.35 Å². The number of nitrogens with two attached hydrogens (primary N) is 1. The van der Waals surface area contributed by atoms with Crippen molar-refractivity contribution in [3.8, 4) is 0 Å². The van der Waals surface area contributed by atoms with Gasteiger partial charge in [0, 0.05) is 27.9 Å². The maximum atomic E-state index is 12.4. The smallest absolute Gasteiger partial charge is 0.369 e. The molecule has 2 aromatic heterocycles. The van der Waals surface area contributed by atoms with Crippen molar-refractivity contribution < 1.29 is 31.7 Å². The van der Waals surface area contributed by atoms with Gasteiger partial charge in [-0.1, -0.05) is 0 Å². The first-order valence-corrected chi connectivity index (χ1v) is 10.3. The highest BCUT2D eigenvalue weighted by molar-refractivity contribution is 7.64. The predicted molar refractivity (Wildman–Crippen MR) is 90.7 cm³/mol. The Morgan fingerprint density at radius 1 is 1.23 bits per heavy atom. The van der Waals surface area contributed by atoms with Gasteiger partial charge in [-0.15, -0.1) is 0 Å². The second-order valence-corrected chi connectivity index (χ2v) is 8.91. The number of nitrogens with one attached hydrogen (secondary N) is 1. The zero-order valence-electron chi connectivity index (χ0n) is 14.3. The SMILES string of the molecule is COP(=O)(COCCn1cnc2c(=O)[nH]c(N)nc21)OP(=O)(OC)OC. The van der Waals surface area contributed by atoms with Crippen LogP contribution >= 0.6 is 15.4 Å². The van der Waals surface area contributed by atoms with E-state index in [9.17, 15) is 13.9 Å². The van der Waals surface area contributed by atoms with Gasteiger partial charge in [0.15, 0.2) is 11.2 Å². The molecule has 2 aromatic rings. The van der Waals surface area contributed by atoms with Crippen molar-refractivity contribution in [2.45, 2.75) is 6.54 Å². The van der Waals surface area contributed by atoms with E-state index >= 15 is 0 Å². The van der Waals surface area contributed by atoms with Crippen LogP contribution in [0.1, 0.15) is 0 Å². The molecule has 0 aromatic carbocycles. The zero-order chi connectivity index (χ0) is 19.4. The Bertz CT molecular complexity index is 904. The number of nitrogens with zero attached hydrogens (tertiary/aromatic N) is 3. The van der Waals surface area contributed by atoms with Crippen LogP contribution < -0.4 is 11.3 Å². The molecular weight excluding hydrogens is 392 g/mol. The van der Waals surface area contributed by atoms with Gasteiger partial charge < -0.3 is 19.6 Å². The van der Waals surface area contributed by atoms with E-state index in [2.05, 4.69) is 24.0 Å². The van der Waals surface area contributed by atoms with Gasteiger partial charge in [-0.25, -0.2) is 13.9 Å². The highest BCUT2D eigenvalue weighted by atomic mass is 31.3. The first-order valence-electron chi connectivity index (χ1n) is 7.12. The van der Waals surface area contributed by atoms with E-state index in [-0.39, 0.29) is 30.3 Å². The van der Waals surface area contributed by atoms with Crippen LogP contribution in [0.3, 0.4) is 0 Å². The van der Waals surface area contributed by atoms with Crippen LogP contribution in [0.4, 0.5) is 5.95 Å². The lowest BCUT2D eigenvalue weighted by atomic mass is 10.5. The third-order valence-corrected chi connectivity index (χ3v) is 6.91. The molecule has 0 radical (unpaired) electrons. The fourth-order valence-corrected chi connectivity index (χ4v) is 4.69. The Kier molecular flexibility index (Phi) is 6.69. The highest BCUT2D eigenvalue weighted by Crippen LogP contribution is 2.64. The Hall–Kier alpha value is -1.59. The number of phosphoric ester groups is 1. The molecule has 15 heteroatoms. The number of hydrogen-bond donors (Lipinski definition) is 2. The number of hydrogen-bond acceptors (Lipinski definition) is 11. The first kappa shape index (κ1) is 20.7. The lowest BCUT2D eigenvalue weighted by Gasteiger charge is -2.20. The molecule has 2 rings (SSSR count). The van der Waals surface area contributed by atoms with Crippen molar-refractivity contribution in [1.82, 2.24) is 19.5 Å². The largest absolute Gasteiger partial charge is 0.481 e. The number of rotatable bonds is 10. The molecule has 0 aliphatic rings. The van der Waals surface area contributed by atoms with Crippen LogP contribution in [0, 0.1) is 0 Å². The van der Waals surface area contributed by atoms with Gasteiger partial charge in [-0.3, -0.25) is 23.4 Å². The molecule has 0 aliphatic heterocycles. The number of fused-ring (bicyclic) bond motifs is 1. The molecule has 3 N–H and O–H groups in total. The minimum atomic E-state index is -4.01. The van der Waals surface area contributed by atoms with Crippen molar-refractivity contribution >= 4 is 32.5 Å². The number of aromatic nitrogens is 4. The molecule has 0 saturated carbocycles. The van der Waals surface area contributed by atoms with Crippen molar-refractivity contribution in [2.75, 3.05) is 40.0 Å². The standard InChI is InChI=1S/C11H19N5O8P2/c1-20-25(18,24-26(19,21-2)22-3)7-23-5-4-16-6-13-8-9(16)14-11(12)15-10(8)17/h6H,4-5,7H2,1-3H3,(H3,12,14,15,17). The van der Waals surface area contributed by atoms with Gasteiger partial charge in [0.2, 0.25) is 5.95 Å². The van der Waals surface area contributed by atoms with Crippen molar-refractivity contribution in [1.29, 1.82) is 0 Å². The third kappa shape index (κ3) is 4.77. The predicted octanol–water partition coefficient (Wildman–Crippen LogP) is 0.933. The highest BCUT2D eigenvalue weighted by Gasteiger charge is 2.37. The van der Waals surface area contributed by atoms with E-state index in [1.54, 1.807) is 0 Å². The van der Waals surface area contributed by atoms with Crippen LogP contribution in [-0.4, -0.2) is 53.8 Å². The summed E-state index contributed by atoms with van der Waals surface area (Å²) in [7, 11) is -4.61. The van der Waals surface area contributed by atoms with E-state index in [4.69, 9.17) is 19.3 Å². The van der Waals surface area contributed by atoms with Crippen molar-refractivity contribution in [2.24, 2.45) is 0 Å². The zero-order valence-corrected chi connectivity index (χ0v) is 16.1. The van der Waals surface area contributed by atoms with Crippen LogP contribution in [0.5, 0.6) is 0 Å². The summed E-state index contributed by atoms with van der Waals surface area (Å²) in [4.78, 5) is 22.0. The summed E-state index contributed by atoms with van der Waals surface area (Å²) in [5.41, 5.74) is 5.46. The normalized spacial score (nSPS) is 14.6. The molecule has 0 fully saturated rings. The van der Waals surface area contributed by atoms with Gasteiger partial charge >= 0.3 is 15.4 Å². The molecule has 146 valence electrons. The first-order chi connectivity index (χ1) is 12.3. The second kappa shape index (κ2) is 8.40. The van der Waals surface area contributed by atoms with Gasteiger partial charge in [-0.05, 0) is 0 Å². The van der Waals surface area contributed by atoms with E-state index in [0.717, 1.165) is 21.3 Å². The van der Waals surface area contributed by atoms with Crippen LogP contribution in [0.25, 0.3) is 11.2 Å². The molecular formula is C11H19N5O8P2. The summed E-state index contributed by atoms with van der Waals surface area (Å²) < 4.78 is 49.8. The number of H-pyrrole nitrogens is 1. The number of anilines is 1. The minimum absolute atomic E-state index is 0.0425. The summed E-state index contributed by atoms with van der Waals surface area (Å²) in [5.74, 6) is -0.0441. The monoisotopic (exact) mass is 411 g/mol. The second-order valence-electron chi connectivity index (χ2n) is 4.79. The van der Waals surface area contributed by atoms with Gasteiger partial charge in [0.05, 0.1) is 12.9 Å². The third-order valence-electron chi connectivity index (χ3n) is 3.17. The minimum Gasteiger partial charge on any atom is -0.369 e. The van der Waals surface area contributed by atoms with Crippen molar-refractivity contribution in [3.63, 3.8) is 0 Å². The number of phosphoric acid groups is 1.